The molecule has 0 N–H and O–H groups in total. The fourth-order valence-electron chi connectivity index (χ4n) is 4.40. The van der Waals surface area contributed by atoms with Crippen LogP contribution in [0.2, 0.25) is 0 Å². The molecule has 1 heterocycles. The predicted octanol–water partition coefficient (Wildman–Crippen LogP) is 5.12. The van der Waals surface area contributed by atoms with Crippen molar-refractivity contribution in [3.63, 3.8) is 0 Å². The van der Waals surface area contributed by atoms with Gasteiger partial charge in [0.2, 0.25) is 5.75 Å². The first-order valence-corrected chi connectivity index (χ1v) is 11.7. The van der Waals surface area contributed by atoms with E-state index in [1.165, 1.54) is 14.2 Å². The highest BCUT2D eigenvalue weighted by molar-refractivity contribution is 5.91. The Balaban J connectivity index is 2.05. The molecule has 2 aromatic carbocycles. The lowest BCUT2D eigenvalue weighted by atomic mass is 9.90. The molecule has 0 aliphatic carbocycles. The van der Waals surface area contributed by atoms with Gasteiger partial charge in [-0.15, -0.1) is 0 Å². The van der Waals surface area contributed by atoms with E-state index in [0.717, 1.165) is 11.8 Å². The summed E-state index contributed by atoms with van der Waals surface area (Å²) in [6.45, 7) is 5.90. The maximum Gasteiger partial charge on any atom is 0.205 e. The Bertz CT molecular complexity index is 1200. The lowest BCUT2D eigenvalue weighted by Crippen LogP contribution is -2.29. The molecule has 0 saturated heterocycles. The molecule has 188 valence electrons. The van der Waals surface area contributed by atoms with Crippen molar-refractivity contribution in [1.82, 2.24) is 0 Å². The van der Waals surface area contributed by atoms with Crippen LogP contribution in [0.5, 0.6) is 17.2 Å². The molecule has 0 saturated carbocycles. The third-order valence-electron chi connectivity index (χ3n) is 6.44. The molecule has 7 nitrogen and oxygen atoms in total. The van der Waals surface area contributed by atoms with Gasteiger partial charge in [0.15, 0.2) is 16.8 Å². The van der Waals surface area contributed by atoms with Crippen molar-refractivity contribution < 1.29 is 28.2 Å². The molecule has 0 bridgehead atoms. The van der Waals surface area contributed by atoms with Crippen LogP contribution in [0.1, 0.15) is 37.2 Å². The lowest BCUT2D eigenvalue weighted by molar-refractivity contribution is -0.116. The Morgan fingerprint density at radius 2 is 1.71 bits per heavy atom. The second-order valence-corrected chi connectivity index (χ2v) is 8.78. The average molecular weight is 483 g/mol. The minimum Gasteiger partial charge on any atom is -0.496 e. The maximum atomic E-state index is 13.4. The molecule has 3 aromatic rings. The second kappa shape index (κ2) is 11.9. The van der Waals surface area contributed by atoms with Gasteiger partial charge < -0.3 is 28.2 Å². The number of aldehydes is 1. The van der Waals surface area contributed by atoms with Gasteiger partial charge in [0.25, 0.3) is 0 Å². The molecule has 1 aromatic heterocycles. The molecule has 0 aliphatic heterocycles. The van der Waals surface area contributed by atoms with Gasteiger partial charge in [0.1, 0.15) is 29.8 Å². The lowest BCUT2D eigenvalue weighted by Gasteiger charge is -2.25. The number of fused-ring (bicyclic) bond motifs is 1. The van der Waals surface area contributed by atoms with Gasteiger partial charge >= 0.3 is 0 Å². The van der Waals surface area contributed by atoms with E-state index < -0.39 is 0 Å². The average Bonchev–Trinajstić information content (AvgIpc) is 2.88. The number of rotatable bonds is 12. The first-order valence-electron chi connectivity index (χ1n) is 11.7. The first kappa shape index (κ1) is 26.3. The zero-order chi connectivity index (χ0) is 25.5. The van der Waals surface area contributed by atoms with Crippen molar-refractivity contribution in [2.75, 3.05) is 21.3 Å². The summed E-state index contributed by atoms with van der Waals surface area (Å²) in [5.41, 5.74) is 1.60. The Morgan fingerprint density at radius 3 is 2.31 bits per heavy atom. The van der Waals surface area contributed by atoms with Crippen LogP contribution < -0.4 is 19.6 Å². The summed E-state index contributed by atoms with van der Waals surface area (Å²) in [6.07, 6.45) is 1.86. The summed E-state index contributed by atoms with van der Waals surface area (Å²) < 4.78 is 29.1. The summed E-state index contributed by atoms with van der Waals surface area (Å²) in [6, 6.07) is 11.4. The van der Waals surface area contributed by atoms with Crippen LogP contribution in [-0.4, -0.2) is 33.7 Å². The zero-order valence-corrected chi connectivity index (χ0v) is 21.3. The SMILES string of the molecule is COc1cc(OC)c2c(=O)c(C)c(CC[C@H](C)[C@H](OC)[C@H](C)C=O)oc2c1OCc1ccccc1. The van der Waals surface area contributed by atoms with Crippen molar-refractivity contribution in [3.8, 4) is 17.2 Å². The smallest absolute Gasteiger partial charge is 0.205 e. The molecule has 3 rings (SSSR count). The Labute approximate surface area is 205 Å². The minimum atomic E-state index is -0.230. The quantitative estimate of drug-likeness (QED) is 0.331. The monoisotopic (exact) mass is 482 g/mol. The van der Waals surface area contributed by atoms with E-state index in [-0.39, 0.29) is 30.0 Å². The summed E-state index contributed by atoms with van der Waals surface area (Å²) >= 11 is 0. The topological polar surface area (TPSA) is 84.2 Å². The van der Waals surface area contributed by atoms with E-state index in [1.807, 2.05) is 44.2 Å². The Kier molecular flexibility index (Phi) is 8.93. The summed E-state index contributed by atoms with van der Waals surface area (Å²) in [5, 5.41) is 0.315. The largest absolute Gasteiger partial charge is 0.496 e. The summed E-state index contributed by atoms with van der Waals surface area (Å²) in [7, 11) is 4.64. The fraction of sp³-hybridized carbons (Fsp3) is 0.429. The van der Waals surface area contributed by atoms with E-state index in [9.17, 15) is 9.59 Å². The van der Waals surface area contributed by atoms with Gasteiger partial charge in [-0.1, -0.05) is 44.2 Å². The summed E-state index contributed by atoms with van der Waals surface area (Å²) in [4.78, 5) is 24.7. The number of carbonyl (C=O) groups is 1. The van der Waals surface area contributed by atoms with Crippen LogP contribution >= 0.6 is 0 Å². The van der Waals surface area contributed by atoms with Crippen LogP contribution in [-0.2, 0) is 22.6 Å². The molecule has 0 amide bonds. The van der Waals surface area contributed by atoms with Gasteiger partial charge in [-0.25, -0.2) is 0 Å². The zero-order valence-electron chi connectivity index (χ0n) is 21.3. The van der Waals surface area contributed by atoms with Crippen molar-refractivity contribution >= 4 is 17.3 Å². The number of aryl methyl sites for hydroxylation is 1. The standard InChI is InChI=1S/C28H34O7/c1-17(26(33-6)18(2)15-29)12-13-21-19(3)25(30)24-22(31-4)14-23(32-5)27(28(24)35-21)34-16-20-10-8-7-9-11-20/h7-11,14-15,17-18,26H,12-13,16H2,1-6H3/t17-,18+,26-/m0/s1. The second-order valence-electron chi connectivity index (χ2n) is 8.78. The van der Waals surface area contributed by atoms with Gasteiger partial charge in [-0.2, -0.15) is 0 Å². The third-order valence-corrected chi connectivity index (χ3v) is 6.44. The highest BCUT2D eigenvalue weighted by Crippen LogP contribution is 2.41. The normalized spacial score (nSPS) is 13.8. The van der Waals surface area contributed by atoms with Gasteiger partial charge in [0.05, 0.1) is 20.3 Å². The molecular formula is C28H34O7. The molecule has 0 spiro atoms. The van der Waals surface area contributed by atoms with Crippen molar-refractivity contribution in [1.29, 1.82) is 0 Å². The minimum absolute atomic E-state index is 0.0780. The highest BCUT2D eigenvalue weighted by Gasteiger charge is 2.26. The van der Waals surface area contributed by atoms with E-state index >= 15 is 0 Å². The predicted molar refractivity (Wildman–Crippen MR) is 135 cm³/mol. The van der Waals surface area contributed by atoms with Crippen LogP contribution in [0, 0.1) is 18.8 Å². The van der Waals surface area contributed by atoms with Gasteiger partial charge in [-0.05, 0) is 24.8 Å². The molecule has 0 fully saturated rings. The van der Waals surface area contributed by atoms with E-state index in [4.69, 9.17) is 23.4 Å². The molecular weight excluding hydrogens is 448 g/mol. The number of hydrogen-bond acceptors (Lipinski definition) is 7. The number of carbonyl (C=O) groups excluding carboxylic acids is 1. The van der Waals surface area contributed by atoms with Gasteiger partial charge in [0, 0.05) is 31.1 Å². The molecule has 3 atom stereocenters. The van der Waals surface area contributed by atoms with Crippen LogP contribution in [0.3, 0.4) is 0 Å². The van der Waals surface area contributed by atoms with E-state index in [0.29, 0.717) is 52.4 Å². The Hall–Kier alpha value is -3.32. The maximum absolute atomic E-state index is 13.4. The van der Waals surface area contributed by atoms with Crippen LogP contribution in [0.4, 0.5) is 0 Å². The number of hydrogen-bond donors (Lipinski definition) is 0. The third kappa shape index (κ3) is 5.68. The fourth-order valence-corrected chi connectivity index (χ4v) is 4.40. The number of methoxy groups -OCH3 is 3. The number of benzene rings is 2. The van der Waals surface area contributed by atoms with Crippen molar-refractivity contribution in [2.24, 2.45) is 11.8 Å². The molecule has 0 aliphatic rings. The van der Waals surface area contributed by atoms with Crippen molar-refractivity contribution in [3.05, 3.63) is 63.5 Å². The first-order chi connectivity index (χ1) is 16.9. The summed E-state index contributed by atoms with van der Waals surface area (Å²) in [5.74, 6) is 1.53. The van der Waals surface area contributed by atoms with Gasteiger partial charge in [-0.3, -0.25) is 4.79 Å². The highest BCUT2D eigenvalue weighted by atomic mass is 16.5. The van der Waals surface area contributed by atoms with E-state index in [1.54, 1.807) is 20.1 Å². The molecule has 35 heavy (non-hydrogen) atoms. The molecule has 0 radical (unpaired) electrons. The molecule has 0 unspecified atom stereocenters. The van der Waals surface area contributed by atoms with Crippen LogP contribution in [0.15, 0.2) is 45.6 Å². The van der Waals surface area contributed by atoms with Crippen molar-refractivity contribution in [2.45, 2.75) is 46.3 Å². The Morgan fingerprint density at radius 1 is 1.03 bits per heavy atom. The van der Waals surface area contributed by atoms with E-state index in [2.05, 4.69) is 0 Å². The van der Waals surface area contributed by atoms with Crippen LogP contribution in [0.25, 0.3) is 11.0 Å². The molecule has 7 heteroatoms. The number of ether oxygens (including phenoxy) is 4.